The van der Waals surface area contributed by atoms with Crippen LogP contribution in [0.5, 0.6) is 0 Å². The molecule has 1 amide bonds. The highest BCUT2D eigenvalue weighted by atomic mass is 35.5. The summed E-state index contributed by atoms with van der Waals surface area (Å²) in [4.78, 5) is 33.7. The maximum atomic E-state index is 11.9. The molecule has 9 nitrogen and oxygen atoms in total. The molecule has 0 heterocycles. The van der Waals surface area contributed by atoms with Crippen LogP contribution in [0, 0.1) is 20.2 Å². The maximum absolute atomic E-state index is 11.9. The molecule has 10 heteroatoms. The van der Waals surface area contributed by atoms with Crippen molar-refractivity contribution >= 4 is 28.9 Å². The Kier molecular flexibility index (Phi) is 5.56. The molecule has 0 aliphatic carbocycles. The number of nitrogens with one attached hydrogen (secondary N) is 1. The van der Waals surface area contributed by atoms with E-state index in [2.05, 4.69) is 5.32 Å². The van der Waals surface area contributed by atoms with Gasteiger partial charge in [0.1, 0.15) is 10.6 Å². The number of nitro groups is 2. The van der Waals surface area contributed by atoms with Gasteiger partial charge in [-0.25, -0.2) is 0 Å². The number of benzene rings is 1. The summed E-state index contributed by atoms with van der Waals surface area (Å²) >= 11 is 5.68. The van der Waals surface area contributed by atoms with Gasteiger partial charge in [0.15, 0.2) is 0 Å². The first-order valence-corrected chi connectivity index (χ1v) is 6.17. The van der Waals surface area contributed by atoms with Gasteiger partial charge in [-0.1, -0.05) is 11.6 Å². The molecule has 0 spiro atoms. The second-order valence-electron chi connectivity index (χ2n) is 4.39. The van der Waals surface area contributed by atoms with Crippen molar-refractivity contribution in [2.45, 2.75) is 0 Å². The normalized spacial score (nSPS) is 10.5. The molecule has 0 fully saturated rings. The second-order valence-corrected chi connectivity index (χ2v) is 4.80. The summed E-state index contributed by atoms with van der Waals surface area (Å²) in [5.74, 6) is -0.708. The molecular formula is C11H13ClN4O5. The number of nitro benzene ring substituents is 2. The average molecular weight is 317 g/mol. The summed E-state index contributed by atoms with van der Waals surface area (Å²) in [5, 5.41) is 23.8. The highest BCUT2D eigenvalue weighted by Crippen LogP contribution is 2.32. The molecule has 114 valence electrons. The Morgan fingerprint density at radius 2 is 1.81 bits per heavy atom. The highest BCUT2D eigenvalue weighted by Gasteiger charge is 2.27. The van der Waals surface area contributed by atoms with Gasteiger partial charge in [0.25, 0.3) is 17.3 Å². The van der Waals surface area contributed by atoms with Gasteiger partial charge in [-0.15, -0.1) is 0 Å². The lowest BCUT2D eigenvalue weighted by Crippen LogP contribution is -2.31. The van der Waals surface area contributed by atoms with Gasteiger partial charge >= 0.3 is 0 Å². The van der Waals surface area contributed by atoms with Gasteiger partial charge < -0.3 is 10.2 Å². The number of carbonyl (C=O) groups excluding carboxylic acids is 1. The Morgan fingerprint density at radius 3 is 2.29 bits per heavy atom. The summed E-state index contributed by atoms with van der Waals surface area (Å²) in [6, 6.07) is 1.62. The molecule has 0 unspecified atom stereocenters. The van der Waals surface area contributed by atoms with Crippen LogP contribution in [0.25, 0.3) is 0 Å². The molecule has 0 bridgehead atoms. The molecule has 21 heavy (non-hydrogen) atoms. The lowest BCUT2D eigenvalue weighted by atomic mass is 10.1. The zero-order valence-electron chi connectivity index (χ0n) is 11.3. The van der Waals surface area contributed by atoms with E-state index in [0.29, 0.717) is 12.6 Å². The lowest BCUT2D eigenvalue weighted by molar-refractivity contribution is -0.394. The van der Waals surface area contributed by atoms with Crippen molar-refractivity contribution in [1.82, 2.24) is 10.2 Å². The third-order valence-electron chi connectivity index (χ3n) is 2.55. The van der Waals surface area contributed by atoms with Crippen LogP contribution in [-0.2, 0) is 0 Å². The van der Waals surface area contributed by atoms with E-state index in [-0.39, 0.29) is 17.1 Å². The van der Waals surface area contributed by atoms with Gasteiger partial charge in [0.2, 0.25) is 0 Å². The zero-order chi connectivity index (χ0) is 16.2. The summed E-state index contributed by atoms with van der Waals surface area (Å²) in [5.41, 5.74) is -1.59. The Balaban J connectivity index is 3.11. The summed E-state index contributed by atoms with van der Waals surface area (Å²) in [6.07, 6.45) is 0. The van der Waals surface area contributed by atoms with E-state index < -0.39 is 27.1 Å². The van der Waals surface area contributed by atoms with Crippen LogP contribution >= 0.6 is 11.6 Å². The van der Waals surface area contributed by atoms with Gasteiger partial charge in [0, 0.05) is 13.1 Å². The van der Waals surface area contributed by atoms with E-state index in [4.69, 9.17) is 11.6 Å². The third kappa shape index (κ3) is 4.36. The standard InChI is InChI=1S/C11H13ClN4O5/c1-14(2)4-3-13-11(17)7-5-8(12)10(16(20)21)6-9(7)15(18)19/h5-6H,3-4H2,1-2H3,(H,13,17). The molecule has 1 N–H and O–H groups in total. The largest absolute Gasteiger partial charge is 0.351 e. The number of hydrogen-bond donors (Lipinski definition) is 1. The maximum Gasteiger partial charge on any atom is 0.294 e. The Hall–Kier alpha value is -2.26. The first-order chi connectivity index (χ1) is 9.73. The predicted octanol–water partition coefficient (Wildman–Crippen LogP) is 1.45. The van der Waals surface area contributed by atoms with Crippen molar-refractivity contribution < 1.29 is 14.6 Å². The molecule has 0 aromatic heterocycles. The van der Waals surface area contributed by atoms with Crippen LogP contribution in [0.4, 0.5) is 11.4 Å². The molecule has 1 rings (SSSR count). The second kappa shape index (κ2) is 6.95. The van der Waals surface area contributed by atoms with Crippen molar-refractivity contribution in [3.8, 4) is 0 Å². The van der Waals surface area contributed by atoms with Crippen LogP contribution in [-0.4, -0.2) is 47.8 Å². The van der Waals surface area contributed by atoms with Crippen molar-refractivity contribution in [2.24, 2.45) is 0 Å². The van der Waals surface area contributed by atoms with Crippen LogP contribution in [0.3, 0.4) is 0 Å². The zero-order valence-corrected chi connectivity index (χ0v) is 12.1. The molecule has 0 aliphatic rings. The van der Waals surface area contributed by atoms with Crippen molar-refractivity contribution in [3.05, 3.63) is 42.9 Å². The molecule has 0 saturated carbocycles. The summed E-state index contributed by atoms with van der Waals surface area (Å²) < 4.78 is 0. The van der Waals surface area contributed by atoms with Gasteiger partial charge in [-0.05, 0) is 20.2 Å². The van der Waals surface area contributed by atoms with Crippen molar-refractivity contribution in [1.29, 1.82) is 0 Å². The topological polar surface area (TPSA) is 119 Å². The van der Waals surface area contributed by atoms with E-state index in [1.54, 1.807) is 14.1 Å². The van der Waals surface area contributed by atoms with E-state index in [1.807, 2.05) is 4.90 Å². The van der Waals surface area contributed by atoms with E-state index in [0.717, 1.165) is 6.07 Å². The number of amides is 1. The first-order valence-electron chi connectivity index (χ1n) is 5.79. The van der Waals surface area contributed by atoms with Crippen LogP contribution in [0.1, 0.15) is 10.4 Å². The van der Waals surface area contributed by atoms with Crippen LogP contribution in [0.15, 0.2) is 12.1 Å². The Bertz CT molecular complexity index is 590. The Morgan fingerprint density at radius 1 is 1.24 bits per heavy atom. The quantitative estimate of drug-likeness (QED) is 0.626. The molecule has 0 saturated heterocycles. The summed E-state index contributed by atoms with van der Waals surface area (Å²) in [6.45, 7) is 0.817. The molecule has 0 atom stereocenters. The number of hydrogen-bond acceptors (Lipinski definition) is 6. The average Bonchev–Trinajstić information content (AvgIpc) is 2.36. The minimum atomic E-state index is -0.857. The molecule has 1 aromatic carbocycles. The van der Waals surface area contributed by atoms with E-state index >= 15 is 0 Å². The summed E-state index contributed by atoms with van der Waals surface area (Å²) in [7, 11) is 3.61. The van der Waals surface area contributed by atoms with Gasteiger partial charge in [-0.2, -0.15) is 0 Å². The number of nitrogens with zero attached hydrogens (tertiary/aromatic N) is 3. The SMILES string of the molecule is CN(C)CCNC(=O)c1cc(Cl)c([N+](=O)[O-])cc1[N+](=O)[O-]. The molecule has 0 aliphatic heterocycles. The molecule has 1 aromatic rings. The fraction of sp³-hybridized carbons (Fsp3) is 0.364. The van der Waals surface area contributed by atoms with E-state index in [1.165, 1.54) is 0 Å². The van der Waals surface area contributed by atoms with Crippen molar-refractivity contribution in [2.75, 3.05) is 27.2 Å². The van der Waals surface area contributed by atoms with Crippen molar-refractivity contribution in [3.63, 3.8) is 0 Å². The molecular weight excluding hydrogens is 304 g/mol. The minimum Gasteiger partial charge on any atom is -0.351 e. The van der Waals surface area contributed by atoms with Gasteiger partial charge in [0.05, 0.1) is 15.9 Å². The fourth-order valence-electron chi connectivity index (χ4n) is 1.51. The minimum absolute atomic E-state index is 0.275. The predicted molar refractivity (Wildman–Crippen MR) is 75.6 cm³/mol. The van der Waals surface area contributed by atoms with E-state index in [9.17, 15) is 25.0 Å². The van der Waals surface area contributed by atoms with Gasteiger partial charge in [-0.3, -0.25) is 25.0 Å². The first kappa shape index (κ1) is 16.8. The smallest absolute Gasteiger partial charge is 0.294 e. The molecule has 0 radical (unpaired) electrons. The highest BCUT2D eigenvalue weighted by molar-refractivity contribution is 6.33. The third-order valence-corrected chi connectivity index (χ3v) is 2.85. The lowest BCUT2D eigenvalue weighted by Gasteiger charge is -2.10. The Labute approximate surface area is 124 Å². The van der Waals surface area contributed by atoms with Crippen LogP contribution < -0.4 is 5.32 Å². The number of halogens is 1. The number of rotatable bonds is 6. The fourth-order valence-corrected chi connectivity index (χ4v) is 1.74. The number of carbonyl (C=O) groups is 1. The van der Waals surface area contributed by atoms with Crippen LogP contribution in [0.2, 0.25) is 5.02 Å². The number of likely N-dealkylation sites (N-methyl/N-ethyl adjacent to an activating group) is 1. The monoisotopic (exact) mass is 316 g/mol.